The Kier molecular flexibility index (Phi) is 3.31. The molecular formula is C8H4ClF3N2. The molecule has 0 aliphatic rings. The zero-order chi connectivity index (χ0) is 10.7. The summed E-state index contributed by atoms with van der Waals surface area (Å²) in [6.45, 7) is 0. The first-order chi connectivity index (χ1) is 6.57. The van der Waals surface area contributed by atoms with E-state index < -0.39 is 23.0 Å². The van der Waals surface area contributed by atoms with Crippen molar-refractivity contribution in [1.82, 2.24) is 4.98 Å². The van der Waals surface area contributed by atoms with E-state index in [9.17, 15) is 13.2 Å². The number of halogens is 4. The molecule has 0 saturated carbocycles. The van der Waals surface area contributed by atoms with E-state index in [0.29, 0.717) is 0 Å². The number of hydrogen-bond acceptors (Lipinski definition) is 2. The summed E-state index contributed by atoms with van der Waals surface area (Å²) in [6.07, 6.45) is -2.28. The van der Waals surface area contributed by atoms with Crippen LogP contribution < -0.4 is 0 Å². The fourth-order valence-corrected chi connectivity index (χ4v) is 1.13. The highest BCUT2D eigenvalue weighted by atomic mass is 35.5. The van der Waals surface area contributed by atoms with Gasteiger partial charge in [-0.15, -0.1) is 0 Å². The summed E-state index contributed by atoms with van der Waals surface area (Å²) in [6, 6.07) is 1.67. The van der Waals surface area contributed by atoms with E-state index in [1.807, 2.05) is 0 Å². The molecule has 0 saturated heterocycles. The van der Waals surface area contributed by atoms with Crippen LogP contribution in [0.2, 0.25) is 5.02 Å². The molecule has 1 heterocycles. The van der Waals surface area contributed by atoms with Gasteiger partial charge in [-0.25, -0.2) is 13.2 Å². The number of aromatic nitrogens is 1. The van der Waals surface area contributed by atoms with E-state index in [-0.39, 0.29) is 12.0 Å². The molecule has 0 bridgehead atoms. The van der Waals surface area contributed by atoms with Crippen LogP contribution in [-0.4, -0.2) is 4.98 Å². The average Bonchev–Trinajstić information content (AvgIpc) is 2.13. The molecule has 0 fully saturated rings. The van der Waals surface area contributed by atoms with Gasteiger partial charge in [-0.3, -0.25) is 4.98 Å². The van der Waals surface area contributed by atoms with Gasteiger partial charge < -0.3 is 0 Å². The minimum absolute atomic E-state index is 0.0816. The van der Waals surface area contributed by atoms with E-state index in [0.717, 1.165) is 6.20 Å². The van der Waals surface area contributed by atoms with E-state index in [1.165, 1.54) is 0 Å². The molecule has 0 radical (unpaired) electrons. The molecule has 0 atom stereocenters. The lowest BCUT2D eigenvalue weighted by atomic mass is 10.2. The van der Waals surface area contributed by atoms with Crippen LogP contribution in [0.1, 0.15) is 17.7 Å². The Balaban J connectivity index is 3.20. The van der Waals surface area contributed by atoms with Crippen LogP contribution in [-0.2, 0) is 6.42 Å². The van der Waals surface area contributed by atoms with E-state index in [2.05, 4.69) is 4.98 Å². The Morgan fingerprint density at radius 3 is 2.71 bits per heavy atom. The zero-order valence-corrected chi connectivity index (χ0v) is 7.52. The fraction of sp³-hybridized carbons (Fsp3) is 0.250. The zero-order valence-electron chi connectivity index (χ0n) is 6.77. The van der Waals surface area contributed by atoms with Gasteiger partial charge in [-0.2, -0.15) is 5.26 Å². The normalized spacial score (nSPS) is 10.3. The molecule has 6 heteroatoms. The molecule has 74 valence electrons. The average molecular weight is 221 g/mol. The van der Waals surface area contributed by atoms with Crippen molar-refractivity contribution in [1.29, 1.82) is 5.26 Å². The largest absolute Gasteiger partial charge is 0.281 e. The first-order valence-corrected chi connectivity index (χ1v) is 3.93. The van der Waals surface area contributed by atoms with Gasteiger partial charge in [0.15, 0.2) is 0 Å². The van der Waals surface area contributed by atoms with E-state index in [4.69, 9.17) is 16.9 Å². The smallest absolute Gasteiger partial charge is 0.253 e. The van der Waals surface area contributed by atoms with Crippen LogP contribution in [0.25, 0.3) is 0 Å². The Morgan fingerprint density at radius 1 is 1.57 bits per heavy atom. The van der Waals surface area contributed by atoms with Crippen LogP contribution in [0.3, 0.4) is 0 Å². The molecule has 1 aromatic rings. The number of nitriles is 1. The van der Waals surface area contributed by atoms with Crippen LogP contribution in [0.5, 0.6) is 0 Å². The SMILES string of the molecule is N#CCc1cnc(C(F)F)c(Cl)c1F. The minimum atomic E-state index is -2.92. The van der Waals surface area contributed by atoms with Crippen LogP contribution >= 0.6 is 11.6 Å². The van der Waals surface area contributed by atoms with Gasteiger partial charge in [0.1, 0.15) is 16.5 Å². The topological polar surface area (TPSA) is 36.7 Å². The number of nitrogens with zero attached hydrogens (tertiary/aromatic N) is 2. The van der Waals surface area contributed by atoms with Gasteiger partial charge in [0.25, 0.3) is 6.43 Å². The lowest BCUT2D eigenvalue weighted by Crippen LogP contribution is -1.99. The summed E-state index contributed by atoms with van der Waals surface area (Å²) < 4.78 is 37.4. The number of alkyl halides is 2. The molecule has 0 spiro atoms. The molecule has 0 amide bonds. The second-order valence-electron chi connectivity index (χ2n) is 2.43. The molecule has 0 aliphatic carbocycles. The lowest BCUT2D eigenvalue weighted by molar-refractivity contribution is 0.145. The standard InChI is InChI=1S/C8H4ClF3N2/c9-5-6(10)4(1-2-13)3-14-7(5)8(11)12/h3,8H,1H2. The third-order valence-corrected chi connectivity index (χ3v) is 1.89. The molecule has 0 unspecified atom stereocenters. The summed E-state index contributed by atoms with van der Waals surface area (Å²) >= 11 is 5.30. The summed E-state index contributed by atoms with van der Waals surface area (Å²) in [5.74, 6) is -1.00. The Morgan fingerprint density at radius 2 is 2.21 bits per heavy atom. The second kappa shape index (κ2) is 4.29. The molecule has 1 aromatic heterocycles. The number of hydrogen-bond donors (Lipinski definition) is 0. The molecule has 2 nitrogen and oxygen atoms in total. The van der Waals surface area contributed by atoms with Crippen molar-refractivity contribution in [3.05, 3.63) is 28.3 Å². The van der Waals surface area contributed by atoms with Crippen LogP contribution in [0, 0.1) is 17.1 Å². The van der Waals surface area contributed by atoms with E-state index in [1.54, 1.807) is 6.07 Å². The molecule has 1 rings (SSSR count). The molecule has 0 aliphatic heterocycles. The van der Waals surface area contributed by atoms with Gasteiger partial charge in [0.2, 0.25) is 0 Å². The predicted molar refractivity (Wildman–Crippen MR) is 43.5 cm³/mol. The molecular weight excluding hydrogens is 217 g/mol. The monoisotopic (exact) mass is 220 g/mol. The maximum absolute atomic E-state index is 13.2. The highest BCUT2D eigenvalue weighted by Crippen LogP contribution is 2.28. The highest BCUT2D eigenvalue weighted by molar-refractivity contribution is 6.31. The number of pyridine rings is 1. The van der Waals surface area contributed by atoms with Crippen molar-refractivity contribution in [3.8, 4) is 6.07 Å². The number of rotatable bonds is 2. The first kappa shape index (κ1) is 10.8. The van der Waals surface area contributed by atoms with Gasteiger partial charge >= 0.3 is 0 Å². The van der Waals surface area contributed by atoms with Gasteiger partial charge in [-0.05, 0) is 0 Å². The third kappa shape index (κ3) is 1.96. The first-order valence-electron chi connectivity index (χ1n) is 3.55. The molecule has 0 aromatic carbocycles. The predicted octanol–water partition coefficient (Wildman–Crippen LogP) is 2.88. The lowest BCUT2D eigenvalue weighted by Gasteiger charge is -2.05. The van der Waals surface area contributed by atoms with E-state index >= 15 is 0 Å². The van der Waals surface area contributed by atoms with Crippen molar-refractivity contribution in [2.24, 2.45) is 0 Å². The summed E-state index contributed by atoms with van der Waals surface area (Å²) in [5, 5.41) is 7.56. The van der Waals surface area contributed by atoms with Gasteiger partial charge in [0, 0.05) is 11.8 Å². The van der Waals surface area contributed by atoms with Crippen LogP contribution in [0.15, 0.2) is 6.20 Å². The Labute approximate surface area is 82.9 Å². The fourth-order valence-electron chi connectivity index (χ4n) is 0.875. The Bertz CT molecular complexity index is 387. The third-order valence-electron chi connectivity index (χ3n) is 1.54. The summed E-state index contributed by atoms with van der Waals surface area (Å²) in [4.78, 5) is 3.28. The molecule has 0 N–H and O–H groups in total. The van der Waals surface area contributed by atoms with Gasteiger partial charge in [-0.1, -0.05) is 11.6 Å². The van der Waals surface area contributed by atoms with Crippen LogP contribution in [0.4, 0.5) is 13.2 Å². The minimum Gasteiger partial charge on any atom is -0.253 e. The highest BCUT2D eigenvalue weighted by Gasteiger charge is 2.19. The summed E-state index contributed by atoms with van der Waals surface area (Å²) in [7, 11) is 0. The maximum Gasteiger partial charge on any atom is 0.281 e. The van der Waals surface area contributed by atoms with Gasteiger partial charge in [0.05, 0.1) is 12.5 Å². The van der Waals surface area contributed by atoms with Crippen molar-refractivity contribution >= 4 is 11.6 Å². The van der Waals surface area contributed by atoms with Crippen molar-refractivity contribution in [2.75, 3.05) is 0 Å². The second-order valence-corrected chi connectivity index (χ2v) is 2.81. The molecule has 14 heavy (non-hydrogen) atoms. The van der Waals surface area contributed by atoms with Crippen molar-refractivity contribution in [3.63, 3.8) is 0 Å². The maximum atomic E-state index is 13.2. The summed E-state index contributed by atoms with van der Waals surface area (Å²) in [5.41, 5.74) is -0.882. The Hall–Kier alpha value is -1.28. The quantitative estimate of drug-likeness (QED) is 0.768. The van der Waals surface area contributed by atoms with Crippen molar-refractivity contribution in [2.45, 2.75) is 12.8 Å². The van der Waals surface area contributed by atoms with Crippen molar-refractivity contribution < 1.29 is 13.2 Å².